The molecule has 0 aromatic heterocycles. The number of methoxy groups -OCH3 is 2. The van der Waals surface area contributed by atoms with E-state index in [0.29, 0.717) is 53.0 Å². The number of anilines is 2. The van der Waals surface area contributed by atoms with Gasteiger partial charge in [-0.15, -0.1) is 0 Å². The fraction of sp³-hybridized carbons (Fsp3) is 0.294. The van der Waals surface area contributed by atoms with Gasteiger partial charge in [-0.2, -0.15) is 0 Å². The second-order valence-corrected chi connectivity index (χ2v) is 10.5. The van der Waals surface area contributed by atoms with Gasteiger partial charge < -0.3 is 30.0 Å². The van der Waals surface area contributed by atoms with Gasteiger partial charge in [0.05, 0.1) is 43.3 Å². The lowest BCUT2D eigenvalue weighted by atomic mass is 9.97. The molecule has 0 atom stereocenters. The van der Waals surface area contributed by atoms with Crippen molar-refractivity contribution in [1.82, 2.24) is 0 Å². The van der Waals surface area contributed by atoms with Crippen LogP contribution in [0.5, 0.6) is 23.0 Å². The Kier molecular flexibility index (Phi) is 9.91. The van der Waals surface area contributed by atoms with Gasteiger partial charge in [0, 0.05) is 6.42 Å². The topological polar surface area (TPSA) is 109 Å². The Morgan fingerprint density at radius 2 is 1.71 bits per heavy atom. The highest BCUT2D eigenvalue weighted by Gasteiger charge is 2.27. The van der Waals surface area contributed by atoms with Gasteiger partial charge in [0.2, 0.25) is 5.91 Å². The Labute approximate surface area is 247 Å². The average Bonchev–Trinajstić information content (AvgIpc) is 2.97. The Morgan fingerprint density at radius 3 is 2.48 bits per heavy atom. The number of fused-ring (bicyclic) bond motifs is 1. The van der Waals surface area contributed by atoms with Crippen LogP contribution in [0.15, 0.2) is 66.7 Å². The van der Waals surface area contributed by atoms with Gasteiger partial charge in [-0.1, -0.05) is 24.3 Å². The van der Waals surface area contributed by atoms with E-state index in [-0.39, 0.29) is 11.7 Å². The Balaban J connectivity index is 1.32. The van der Waals surface area contributed by atoms with Crippen molar-refractivity contribution in [2.75, 3.05) is 31.9 Å². The van der Waals surface area contributed by atoms with Crippen LogP contribution < -0.4 is 30.0 Å². The summed E-state index contributed by atoms with van der Waals surface area (Å²) in [6, 6.07) is 16.2. The predicted molar refractivity (Wildman–Crippen MR) is 167 cm³/mol. The van der Waals surface area contributed by atoms with Gasteiger partial charge >= 0.3 is 0 Å². The van der Waals surface area contributed by atoms with E-state index in [9.17, 15) is 9.59 Å². The van der Waals surface area contributed by atoms with Crippen LogP contribution >= 0.6 is 0 Å². The highest BCUT2D eigenvalue weighted by molar-refractivity contribution is 6.09. The predicted octanol–water partition coefficient (Wildman–Crippen LogP) is 6.94. The molecular formula is C34H38N2O6. The number of nitrogens with one attached hydrogen (secondary N) is 1. The van der Waals surface area contributed by atoms with Crippen LogP contribution in [0.4, 0.5) is 11.4 Å². The standard InChI is InChI=1S/C34H38N2O6/c1-34(2)20-19-25-29(39-3)18-15-24(33(25)42-34)28(37)16-13-23-14-17-30(40-4)31(22-23)41-21-9-5-6-12-32(38)36-27-11-8-7-10-26(27)35/h7-8,10-11,13-20,22H,5-6,9,12,21,35H2,1-4H3,(H,36,38)/b16-13+. The summed E-state index contributed by atoms with van der Waals surface area (Å²) in [5.74, 6) is 2.10. The van der Waals surface area contributed by atoms with Crippen molar-refractivity contribution in [2.24, 2.45) is 0 Å². The largest absolute Gasteiger partial charge is 0.496 e. The minimum Gasteiger partial charge on any atom is -0.496 e. The van der Waals surface area contributed by atoms with Crippen LogP contribution in [0.3, 0.4) is 0 Å². The quantitative estimate of drug-likeness (QED) is 0.0991. The van der Waals surface area contributed by atoms with Crippen LogP contribution in [0.1, 0.15) is 61.0 Å². The number of hydrogen-bond donors (Lipinski definition) is 2. The maximum absolute atomic E-state index is 13.2. The van der Waals surface area contributed by atoms with Gasteiger partial charge in [-0.05, 0) is 93.3 Å². The molecule has 0 fully saturated rings. The third-order valence-electron chi connectivity index (χ3n) is 6.81. The number of nitrogen functional groups attached to an aromatic ring is 1. The molecule has 4 rings (SSSR count). The van der Waals surface area contributed by atoms with Crippen molar-refractivity contribution in [3.63, 3.8) is 0 Å². The fourth-order valence-electron chi connectivity index (χ4n) is 4.54. The number of carbonyl (C=O) groups excluding carboxylic acids is 2. The van der Waals surface area contributed by atoms with Crippen LogP contribution in [-0.4, -0.2) is 38.1 Å². The molecule has 3 N–H and O–H groups in total. The second kappa shape index (κ2) is 13.8. The first kappa shape index (κ1) is 30.2. The normalized spacial score (nSPS) is 13.2. The Bertz CT molecular complexity index is 1490. The van der Waals surface area contributed by atoms with Crippen LogP contribution in [0.25, 0.3) is 12.2 Å². The van der Waals surface area contributed by atoms with E-state index in [0.717, 1.165) is 30.4 Å². The first-order valence-electron chi connectivity index (χ1n) is 14.0. The van der Waals surface area contributed by atoms with Crippen LogP contribution in [0.2, 0.25) is 0 Å². The van der Waals surface area contributed by atoms with Gasteiger partial charge in [-0.25, -0.2) is 0 Å². The molecule has 8 heteroatoms. The van der Waals surface area contributed by atoms with Gasteiger partial charge in [0.25, 0.3) is 0 Å². The maximum Gasteiger partial charge on any atom is 0.224 e. The Hall–Kier alpha value is -4.72. The first-order chi connectivity index (χ1) is 20.2. The minimum atomic E-state index is -0.538. The number of carbonyl (C=O) groups is 2. The summed E-state index contributed by atoms with van der Waals surface area (Å²) in [5.41, 5.74) is 8.52. The van der Waals surface area contributed by atoms with Crippen molar-refractivity contribution in [2.45, 2.75) is 45.1 Å². The Morgan fingerprint density at radius 1 is 0.952 bits per heavy atom. The summed E-state index contributed by atoms with van der Waals surface area (Å²) in [6.45, 7) is 4.34. The van der Waals surface area contributed by atoms with E-state index < -0.39 is 5.60 Å². The summed E-state index contributed by atoms with van der Waals surface area (Å²) in [6.07, 6.45) is 9.88. The number of rotatable bonds is 13. The molecule has 0 unspecified atom stereocenters. The summed E-state index contributed by atoms with van der Waals surface area (Å²) < 4.78 is 23.1. The van der Waals surface area contributed by atoms with Crippen LogP contribution in [0, 0.1) is 0 Å². The molecule has 3 aromatic rings. The molecule has 0 bridgehead atoms. The van der Waals surface area contributed by atoms with E-state index in [1.807, 2.05) is 56.3 Å². The zero-order valence-corrected chi connectivity index (χ0v) is 24.6. The lowest BCUT2D eigenvalue weighted by Gasteiger charge is -2.29. The number of nitrogens with two attached hydrogens (primary N) is 1. The number of para-hydroxylation sites is 2. The molecule has 0 saturated heterocycles. The summed E-state index contributed by atoms with van der Waals surface area (Å²) in [4.78, 5) is 25.4. The third-order valence-corrected chi connectivity index (χ3v) is 6.81. The maximum atomic E-state index is 13.2. The number of ether oxygens (including phenoxy) is 4. The molecule has 42 heavy (non-hydrogen) atoms. The SMILES string of the molecule is COc1ccc(/C=C/C(=O)c2ccc(OC)c3c2OC(C)(C)C=C3)cc1OCCCCCC(=O)Nc1ccccc1N. The molecule has 0 aliphatic carbocycles. The molecule has 220 valence electrons. The highest BCUT2D eigenvalue weighted by Crippen LogP contribution is 2.40. The number of hydrogen-bond acceptors (Lipinski definition) is 7. The van der Waals surface area contributed by atoms with Gasteiger partial charge in [0.15, 0.2) is 17.3 Å². The van der Waals surface area contributed by atoms with Crippen molar-refractivity contribution in [1.29, 1.82) is 0 Å². The van der Waals surface area contributed by atoms with Gasteiger partial charge in [0.1, 0.15) is 17.1 Å². The molecule has 1 amide bonds. The van der Waals surface area contributed by atoms with E-state index in [1.165, 1.54) is 6.08 Å². The number of benzene rings is 3. The van der Waals surface area contributed by atoms with Gasteiger partial charge in [-0.3, -0.25) is 9.59 Å². The molecule has 1 aliphatic heterocycles. The molecule has 0 spiro atoms. The monoisotopic (exact) mass is 570 g/mol. The molecule has 1 heterocycles. The van der Waals surface area contributed by atoms with Crippen molar-refractivity contribution >= 4 is 35.2 Å². The van der Waals surface area contributed by atoms with E-state index >= 15 is 0 Å². The lowest BCUT2D eigenvalue weighted by Crippen LogP contribution is -2.28. The molecule has 0 saturated carbocycles. The van der Waals surface area contributed by atoms with Crippen molar-refractivity contribution in [3.05, 3.63) is 83.4 Å². The van der Waals surface area contributed by atoms with Crippen molar-refractivity contribution < 1.29 is 28.5 Å². The van der Waals surface area contributed by atoms with E-state index in [2.05, 4.69) is 5.32 Å². The molecular weight excluding hydrogens is 532 g/mol. The average molecular weight is 571 g/mol. The number of allylic oxidation sites excluding steroid dienone is 1. The summed E-state index contributed by atoms with van der Waals surface area (Å²) >= 11 is 0. The molecule has 1 aliphatic rings. The second-order valence-electron chi connectivity index (χ2n) is 10.5. The summed E-state index contributed by atoms with van der Waals surface area (Å²) in [5, 5.41) is 2.84. The molecule has 0 radical (unpaired) electrons. The van der Waals surface area contributed by atoms with Crippen molar-refractivity contribution in [3.8, 4) is 23.0 Å². The number of amides is 1. The lowest BCUT2D eigenvalue weighted by molar-refractivity contribution is -0.116. The zero-order chi connectivity index (χ0) is 30.1. The number of ketones is 1. The van der Waals surface area contributed by atoms with E-state index in [4.69, 9.17) is 24.7 Å². The first-order valence-corrected chi connectivity index (χ1v) is 14.0. The third kappa shape index (κ3) is 7.72. The summed E-state index contributed by atoms with van der Waals surface area (Å²) in [7, 11) is 3.18. The highest BCUT2D eigenvalue weighted by atomic mass is 16.5. The molecule has 3 aromatic carbocycles. The van der Waals surface area contributed by atoms with Crippen LogP contribution in [-0.2, 0) is 4.79 Å². The fourth-order valence-corrected chi connectivity index (χ4v) is 4.54. The smallest absolute Gasteiger partial charge is 0.224 e. The number of unbranched alkanes of at least 4 members (excludes halogenated alkanes) is 2. The van der Waals surface area contributed by atoms with E-state index in [1.54, 1.807) is 44.6 Å². The zero-order valence-electron chi connectivity index (χ0n) is 24.6. The molecule has 8 nitrogen and oxygen atoms in total. The minimum absolute atomic E-state index is 0.0635.